The van der Waals surface area contributed by atoms with Gasteiger partial charge in [0.05, 0.1) is 0 Å². The van der Waals surface area contributed by atoms with E-state index in [-0.39, 0.29) is 0 Å². The second-order valence-corrected chi connectivity index (χ2v) is 4.78. The summed E-state index contributed by atoms with van der Waals surface area (Å²) in [5.74, 6) is 2.60. The molecule has 0 amide bonds. The standard InChI is InChI=1S/C13H23N5O/c1-4-14-11-9-13(16-12(15-11)10-19-3)18-7-5-17(2)6-8-18/h9H,4-8,10H2,1-3H3,(H,14,15,16). The molecule has 0 radical (unpaired) electrons. The molecule has 1 N–H and O–H groups in total. The molecule has 0 unspecified atom stereocenters. The van der Waals surface area contributed by atoms with Gasteiger partial charge in [-0.25, -0.2) is 9.97 Å². The quantitative estimate of drug-likeness (QED) is 0.850. The van der Waals surface area contributed by atoms with Crippen molar-refractivity contribution in [2.75, 3.05) is 57.1 Å². The largest absolute Gasteiger partial charge is 0.377 e. The molecule has 1 aromatic rings. The molecule has 0 aromatic carbocycles. The molecule has 2 rings (SSSR count). The van der Waals surface area contributed by atoms with Crippen LogP contribution in [0.25, 0.3) is 0 Å². The van der Waals surface area contributed by atoms with Crippen LogP contribution >= 0.6 is 0 Å². The lowest BCUT2D eigenvalue weighted by atomic mass is 10.3. The van der Waals surface area contributed by atoms with Crippen LogP contribution in [-0.2, 0) is 11.3 Å². The maximum absolute atomic E-state index is 5.14. The molecule has 1 fully saturated rings. The van der Waals surface area contributed by atoms with Gasteiger partial charge in [0.1, 0.15) is 18.2 Å². The fourth-order valence-electron chi connectivity index (χ4n) is 2.15. The van der Waals surface area contributed by atoms with Gasteiger partial charge < -0.3 is 19.9 Å². The number of ether oxygens (including phenoxy) is 1. The van der Waals surface area contributed by atoms with Crippen molar-refractivity contribution < 1.29 is 4.74 Å². The summed E-state index contributed by atoms with van der Waals surface area (Å²) in [5.41, 5.74) is 0. The van der Waals surface area contributed by atoms with Crippen molar-refractivity contribution in [1.82, 2.24) is 14.9 Å². The number of hydrogen-bond donors (Lipinski definition) is 1. The number of rotatable bonds is 5. The number of nitrogens with one attached hydrogen (secondary N) is 1. The number of nitrogens with zero attached hydrogens (tertiary/aromatic N) is 4. The Morgan fingerprint density at radius 2 is 2.00 bits per heavy atom. The Hall–Kier alpha value is -1.40. The highest BCUT2D eigenvalue weighted by molar-refractivity contribution is 5.49. The van der Waals surface area contributed by atoms with Crippen molar-refractivity contribution in [1.29, 1.82) is 0 Å². The predicted octanol–water partition coefficient (Wildman–Crippen LogP) is 0.807. The first-order valence-corrected chi connectivity index (χ1v) is 6.77. The Bertz CT molecular complexity index is 380. The first-order chi connectivity index (χ1) is 9.22. The Morgan fingerprint density at radius 1 is 1.26 bits per heavy atom. The molecule has 0 bridgehead atoms. The van der Waals surface area contributed by atoms with Crippen LogP contribution in [0.3, 0.4) is 0 Å². The molecular weight excluding hydrogens is 242 g/mol. The summed E-state index contributed by atoms with van der Waals surface area (Å²) < 4.78 is 5.14. The first-order valence-electron chi connectivity index (χ1n) is 6.77. The Balaban J connectivity index is 2.17. The van der Waals surface area contributed by atoms with E-state index < -0.39 is 0 Å². The van der Waals surface area contributed by atoms with Crippen molar-refractivity contribution in [3.05, 3.63) is 11.9 Å². The SMILES string of the molecule is CCNc1cc(N2CCN(C)CC2)nc(COC)n1. The summed E-state index contributed by atoms with van der Waals surface area (Å²) in [7, 11) is 3.82. The minimum Gasteiger partial charge on any atom is -0.377 e. The normalized spacial score (nSPS) is 16.7. The maximum Gasteiger partial charge on any atom is 0.158 e. The van der Waals surface area contributed by atoms with Crippen LogP contribution in [0.5, 0.6) is 0 Å². The lowest BCUT2D eigenvalue weighted by Gasteiger charge is -2.33. The van der Waals surface area contributed by atoms with Crippen molar-refractivity contribution in [3.8, 4) is 0 Å². The highest BCUT2D eigenvalue weighted by atomic mass is 16.5. The number of methoxy groups -OCH3 is 1. The molecule has 0 spiro atoms. The van der Waals surface area contributed by atoms with E-state index in [1.165, 1.54) is 0 Å². The van der Waals surface area contributed by atoms with Gasteiger partial charge >= 0.3 is 0 Å². The number of aromatic nitrogens is 2. The molecule has 1 aliphatic heterocycles. The van der Waals surface area contributed by atoms with Gasteiger partial charge in [-0.15, -0.1) is 0 Å². The van der Waals surface area contributed by atoms with Crippen LogP contribution < -0.4 is 10.2 Å². The summed E-state index contributed by atoms with van der Waals surface area (Å²) in [5, 5.41) is 3.25. The Labute approximate surface area is 114 Å². The molecule has 1 saturated heterocycles. The molecule has 6 heteroatoms. The lowest BCUT2D eigenvalue weighted by Crippen LogP contribution is -2.45. The van der Waals surface area contributed by atoms with Gasteiger partial charge in [0.25, 0.3) is 0 Å². The molecule has 0 aliphatic carbocycles. The molecule has 6 nitrogen and oxygen atoms in total. The topological polar surface area (TPSA) is 53.5 Å². The van der Waals surface area contributed by atoms with E-state index >= 15 is 0 Å². The van der Waals surface area contributed by atoms with Gasteiger partial charge in [-0.05, 0) is 14.0 Å². The Kier molecular flexibility index (Phi) is 4.93. The zero-order valence-corrected chi connectivity index (χ0v) is 12.0. The third kappa shape index (κ3) is 3.78. The molecule has 0 saturated carbocycles. The van der Waals surface area contributed by atoms with Crippen LogP contribution in [0.1, 0.15) is 12.7 Å². The molecular formula is C13H23N5O. The van der Waals surface area contributed by atoms with E-state index in [1.807, 2.05) is 6.07 Å². The molecule has 0 atom stereocenters. The van der Waals surface area contributed by atoms with Gasteiger partial charge in [0, 0.05) is 45.9 Å². The van der Waals surface area contributed by atoms with Crippen LogP contribution in [0.4, 0.5) is 11.6 Å². The zero-order chi connectivity index (χ0) is 13.7. The number of likely N-dealkylation sites (N-methyl/N-ethyl adjacent to an activating group) is 1. The minimum atomic E-state index is 0.444. The van der Waals surface area contributed by atoms with E-state index in [1.54, 1.807) is 7.11 Å². The first kappa shape index (κ1) is 14.0. The highest BCUT2D eigenvalue weighted by Crippen LogP contribution is 2.17. The van der Waals surface area contributed by atoms with E-state index in [2.05, 4.69) is 39.1 Å². The monoisotopic (exact) mass is 265 g/mol. The van der Waals surface area contributed by atoms with Gasteiger partial charge in [-0.3, -0.25) is 0 Å². The smallest absolute Gasteiger partial charge is 0.158 e. The fourth-order valence-corrected chi connectivity index (χ4v) is 2.15. The summed E-state index contributed by atoms with van der Waals surface area (Å²) in [6.07, 6.45) is 0. The van der Waals surface area contributed by atoms with E-state index in [0.29, 0.717) is 6.61 Å². The summed E-state index contributed by atoms with van der Waals surface area (Å²) >= 11 is 0. The van der Waals surface area contributed by atoms with Gasteiger partial charge in [-0.1, -0.05) is 0 Å². The van der Waals surface area contributed by atoms with Gasteiger partial charge in [-0.2, -0.15) is 0 Å². The molecule has 2 heterocycles. The number of hydrogen-bond acceptors (Lipinski definition) is 6. The van der Waals surface area contributed by atoms with Crippen molar-refractivity contribution >= 4 is 11.6 Å². The molecule has 1 aliphatic rings. The molecule has 1 aromatic heterocycles. The summed E-state index contributed by atoms with van der Waals surface area (Å²) in [4.78, 5) is 13.7. The van der Waals surface area contributed by atoms with Crippen LogP contribution in [-0.4, -0.2) is 61.7 Å². The summed E-state index contributed by atoms with van der Waals surface area (Å²) in [6.45, 7) is 7.51. The number of anilines is 2. The van der Waals surface area contributed by atoms with Crippen molar-refractivity contribution in [2.24, 2.45) is 0 Å². The minimum absolute atomic E-state index is 0.444. The van der Waals surface area contributed by atoms with Gasteiger partial charge in [0.2, 0.25) is 0 Å². The fraction of sp³-hybridized carbons (Fsp3) is 0.692. The second kappa shape index (κ2) is 6.68. The molecule has 19 heavy (non-hydrogen) atoms. The molecule has 106 valence electrons. The zero-order valence-electron chi connectivity index (χ0n) is 12.0. The van der Waals surface area contributed by atoms with Crippen LogP contribution in [0.2, 0.25) is 0 Å². The average molecular weight is 265 g/mol. The Morgan fingerprint density at radius 3 is 2.63 bits per heavy atom. The van der Waals surface area contributed by atoms with E-state index in [9.17, 15) is 0 Å². The summed E-state index contributed by atoms with van der Waals surface area (Å²) in [6, 6.07) is 2.02. The van der Waals surface area contributed by atoms with Crippen LogP contribution in [0, 0.1) is 0 Å². The van der Waals surface area contributed by atoms with E-state index in [0.717, 1.165) is 50.2 Å². The highest BCUT2D eigenvalue weighted by Gasteiger charge is 2.16. The average Bonchev–Trinajstić information content (AvgIpc) is 2.40. The predicted molar refractivity (Wildman–Crippen MR) is 76.6 cm³/mol. The third-order valence-electron chi connectivity index (χ3n) is 3.22. The number of piperazine rings is 1. The van der Waals surface area contributed by atoms with Crippen molar-refractivity contribution in [2.45, 2.75) is 13.5 Å². The third-order valence-corrected chi connectivity index (χ3v) is 3.22. The van der Waals surface area contributed by atoms with Crippen molar-refractivity contribution in [3.63, 3.8) is 0 Å². The lowest BCUT2D eigenvalue weighted by molar-refractivity contribution is 0.178. The van der Waals surface area contributed by atoms with Gasteiger partial charge in [0.15, 0.2) is 5.82 Å². The van der Waals surface area contributed by atoms with Crippen LogP contribution in [0.15, 0.2) is 6.07 Å². The second-order valence-electron chi connectivity index (χ2n) is 4.78. The maximum atomic E-state index is 5.14. The van der Waals surface area contributed by atoms with E-state index in [4.69, 9.17) is 4.74 Å².